The van der Waals surface area contributed by atoms with Gasteiger partial charge in [-0.2, -0.15) is 0 Å². The second kappa shape index (κ2) is 5.48. The predicted octanol–water partition coefficient (Wildman–Crippen LogP) is 1.96. The first-order chi connectivity index (χ1) is 7.74. The first-order valence-corrected chi connectivity index (χ1v) is 6.64. The van der Waals surface area contributed by atoms with Crippen LogP contribution in [0, 0.1) is 5.92 Å². The van der Waals surface area contributed by atoms with Gasteiger partial charge in [-0.25, -0.2) is 0 Å². The average molecular weight is 227 g/mol. The summed E-state index contributed by atoms with van der Waals surface area (Å²) in [5, 5.41) is 3.30. The van der Waals surface area contributed by atoms with E-state index in [9.17, 15) is 0 Å². The van der Waals surface area contributed by atoms with Crippen LogP contribution in [0.1, 0.15) is 39.0 Å². The van der Waals surface area contributed by atoms with Gasteiger partial charge in [0.1, 0.15) is 0 Å². The molecule has 1 atom stereocenters. The van der Waals surface area contributed by atoms with Gasteiger partial charge in [0.05, 0.1) is 18.3 Å². The lowest BCUT2D eigenvalue weighted by atomic mass is 9.79. The summed E-state index contributed by atoms with van der Waals surface area (Å²) in [6.07, 6.45) is 6.41. The van der Waals surface area contributed by atoms with Crippen molar-refractivity contribution in [2.45, 2.75) is 50.7 Å². The Labute approximate surface area is 98.9 Å². The van der Waals surface area contributed by atoms with Crippen molar-refractivity contribution in [1.29, 1.82) is 0 Å². The second-order valence-corrected chi connectivity index (χ2v) is 5.50. The third-order valence-corrected chi connectivity index (χ3v) is 3.99. The van der Waals surface area contributed by atoms with Crippen molar-refractivity contribution in [2.24, 2.45) is 5.92 Å². The molecule has 0 aromatic carbocycles. The molecule has 0 aromatic heterocycles. The molecule has 2 rings (SSSR count). The van der Waals surface area contributed by atoms with Crippen LogP contribution in [-0.4, -0.2) is 38.5 Å². The van der Waals surface area contributed by atoms with E-state index in [-0.39, 0.29) is 5.60 Å². The SMILES string of the molecule is CNCC1(OC2CCOC2)CCC(C)CC1. The molecule has 3 nitrogen and oxygen atoms in total. The number of nitrogens with one attached hydrogen (secondary N) is 1. The largest absolute Gasteiger partial charge is 0.379 e. The fourth-order valence-electron chi connectivity index (χ4n) is 2.91. The van der Waals surface area contributed by atoms with Crippen molar-refractivity contribution in [3.63, 3.8) is 0 Å². The molecule has 1 saturated carbocycles. The average Bonchev–Trinajstić information content (AvgIpc) is 2.76. The molecule has 0 spiro atoms. The summed E-state index contributed by atoms with van der Waals surface area (Å²) in [5.74, 6) is 0.869. The van der Waals surface area contributed by atoms with Crippen molar-refractivity contribution in [3.8, 4) is 0 Å². The van der Waals surface area contributed by atoms with Gasteiger partial charge < -0.3 is 14.8 Å². The molecule has 2 fully saturated rings. The van der Waals surface area contributed by atoms with Crippen molar-refractivity contribution >= 4 is 0 Å². The first kappa shape index (κ1) is 12.3. The van der Waals surface area contributed by atoms with Crippen LogP contribution in [0.4, 0.5) is 0 Å². The molecule has 1 saturated heterocycles. The number of hydrogen-bond acceptors (Lipinski definition) is 3. The van der Waals surface area contributed by atoms with Gasteiger partial charge >= 0.3 is 0 Å². The summed E-state index contributed by atoms with van der Waals surface area (Å²) >= 11 is 0. The minimum Gasteiger partial charge on any atom is -0.379 e. The highest BCUT2D eigenvalue weighted by Crippen LogP contribution is 2.36. The van der Waals surface area contributed by atoms with Crippen LogP contribution in [0.3, 0.4) is 0 Å². The van der Waals surface area contributed by atoms with E-state index >= 15 is 0 Å². The fraction of sp³-hybridized carbons (Fsp3) is 1.00. The highest BCUT2D eigenvalue weighted by atomic mass is 16.6. The van der Waals surface area contributed by atoms with Gasteiger partial charge in [-0.15, -0.1) is 0 Å². The van der Waals surface area contributed by atoms with Crippen molar-refractivity contribution < 1.29 is 9.47 Å². The highest BCUT2D eigenvalue weighted by molar-refractivity contribution is 4.89. The minimum atomic E-state index is 0.0830. The van der Waals surface area contributed by atoms with Gasteiger partial charge in [0.25, 0.3) is 0 Å². The van der Waals surface area contributed by atoms with E-state index in [1.165, 1.54) is 25.7 Å². The van der Waals surface area contributed by atoms with E-state index in [0.717, 1.165) is 32.1 Å². The molecule has 2 aliphatic rings. The maximum Gasteiger partial charge on any atom is 0.0838 e. The fourth-order valence-corrected chi connectivity index (χ4v) is 2.91. The van der Waals surface area contributed by atoms with Crippen LogP contribution in [0.2, 0.25) is 0 Å². The molecule has 1 unspecified atom stereocenters. The molecular formula is C13H25NO2. The standard InChI is InChI=1S/C13H25NO2/c1-11-3-6-13(7-4-11,10-14-2)16-12-5-8-15-9-12/h11-12,14H,3-10H2,1-2H3. The smallest absolute Gasteiger partial charge is 0.0838 e. The molecule has 1 aliphatic heterocycles. The maximum absolute atomic E-state index is 6.34. The highest BCUT2D eigenvalue weighted by Gasteiger charge is 2.37. The summed E-state index contributed by atoms with van der Waals surface area (Å²) < 4.78 is 11.7. The Morgan fingerprint density at radius 2 is 2.06 bits per heavy atom. The molecule has 1 N–H and O–H groups in total. The summed E-state index contributed by atoms with van der Waals surface area (Å²) in [6, 6.07) is 0. The Balaban J connectivity index is 1.91. The molecule has 94 valence electrons. The van der Waals surface area contributed by atoms with Gasteiger partial charge in [0.15, 0.2) is 0 Å². The van der Waals surface area contributed by atoms with Crippen LogP contribution >= 0.6 is 0 Å². The Morgan fingerprint density at radius 3 is 2.62 bits per heavy atom. The zero-order valence-corrected chi connectivity index (χ0v) is 10.6. The van der Waals surface area contributed by atoms with Crippen LogP contribution < -0.4 is 5.32 Å². The molecule has 3 heteroatoms. The summed E-state index contributed by atoms with van der Waals surface area (Å²) in [5.41, 5.74) is 0.0830. The van der Waals surface area contributed by atoms with Crippen LogP contribution in [0.15, 0.2) is 0 Å². The number of hydrogen-bond donors (Lipinski definition) is 1. The Hall–Kier alpha value is -0.120. The minimum absolute atomic E-state index is 0.0830. The number of ether oxygens (including phenoxy) is 2. The topological polar surface area (TPSA) is 30.5 Å². The Bertz CT molecular complexity index is 206. The number of likely N-dealkylation sites (N-methyl/N-ethyl adjacent to an activating group) is 1. The van der Waals surface area contributed by atoms with Gasteiger partial charge in [-0.1, -0.05) is 6.92 Å². The molecule has 0 bridgehead atoms. The second-order valence-electron chi connectivity index (χ2n) is 5.50. The summed E-state index contributed by atoms with van der Waals surface area (Å²) in [7, 11) is 2.02. The van der Waals surface area contributed by atoms with E-state index in [1.54, 1.807) is 0 Å². The molecule has 16 heavy (non-hydrogen) atoms. The third kappa shape index (κ3) is 2.96. The normalized spacial score (nSPS) is 40.1. The van der Waals surface area contributed by atoms with E-state index in [0.29, 0.717) is 6.10 Å². The van der Waals surface area contributed by atoms with Gasteiger partial charge in [0, 0.05) is 13.2 Å². The van der Waals surface area contributed by atoms with Crippen LogP contribution in [0.25, 0.3) is 0 Å². The lowest BCUT2D eigenvalue weighted by Gasteiger charge is -2.41. The molecular weight excluding hydrogens is 202 g/mol. The Kier molecular flexibility index (Phi) is 4.22. The monoisotopic (exact) mass is 227 g/mol. The maximum atomic E-state index is 6.34. The first-order valence-electron chi connectivity index (χ1n) is 6.64. The van der Waals surface area contributed by atoms with Crippen molar-refractivity contribution in [1.82, 2.24) is 5.32 Å². The van der Waals surface area contributed by atoms with E-state index in [2.05, 4.69) is 12.2 Å². The Morgan fingerprint density at radius 1 is 1.31 bits per heavy atom. The third-order valence-electron chi connectivity index (χ3n) is 3.99. The molecule has 0 aromatic rings. The zero-order chi connectivity index (χ0) is 11.4. The molecule has 1 aliphatic carbocycles. The summed E-state index contributed by atoms with van der Waals surface area (Å²) in [6.45, 7) is 5.00. The molecule has 0 radical (unpaired) electrons. The molecule has 1 heterocycles. The van der Waals surface area contributed by atoms with Crippen LogP contribution in [0.5, 0.6) is 0 Å². The van der Waals surface area contributed by atoms with Gasteiger partial charge in [-0.3, -0.25) is 0 Å². The van der Waals surface area contributed by atoms with E-state index in [1.807, 2.05) is 7.05 Å². The number of rotatable bonds is 4. The van der Waals surface area contributed by atoms with Gasteiger partial charge in [0.2, 0.25) is 0 Å². The van der Waals surface area contributed by atoms with Gasteiger partial charge in [-0.05, 0) is 45.1 Å². The molecule has 0 amide bonds. The predicted molar refractivity (Wildman–Crippen MR) is 64.6 cm³/mol. The van der Waals surface area contributed by atoms with E-state index in [4.69, 9.17) is 9.47 Å². The quantitative estimate of drug-likeness (QED) is 0.796. The lowest BCUT2D eigenvalue weighted by molar-refractivity contribution is -0.116. The van der Waals surface area contributed by atoms with Crippen molar-refractivity contribution in [3.05, 3.63) is 0 Å². The lowest BCUT2D eigenvalue weighted by Crippen LogP contribution is -2.47. The van der Waals surface area contributed by atoms with E-state index < -0.39 is 0 Å². The van der Waals surface area contributed by atoms with Crippen LogP contribution in [-0.2, 0) is 9.47 Å². The summed E-state index contributed by atoms with van der Waals surface area (Å²) in [4.78, 5) is 0. The van der Waals surface area contributed by atoms with Crippen molar-refractivity contribution in [2.75, 3.05) is 26.8 Å². The zero-order valence-electron chi connectivity index (χ0n) is 10.6.